The smallest absolute Gasteiger partial charge is 0.263 e. The second kappa shape index (κ2) is 4.86. The maximum atomic E-state index is 12.2. The molecule has 1 aliphatic rings. The number of fused-ring (bicyclic) bond motifs is 1. The average Bonchev–Trinajstić information content (AvgIpc) is 3.01. The van der Waals surface area contributed by atoms with E-state index in [1.54, 1.807) is 23.8 Å². The normalized spacial score (nSPS) is 18.2. The minimum Gasteiger partial charge on any atom is -0.341 e. The first-order valence-corrected chi connectivity index (χ1v) is 7.74. The second-order valence-electron chi connectivity index (χ2n) is 4.45. The summed E-state index contributed by atoms with van der Waals surface area (Å²) in [6.07, 6.45) is 1.53. The molecule has 2 aromatic heterocycles. The summed E-state index contributed by atoms with van der Waals surface area (Å²) in [4.78, 5) is 30.1. The van der Waals surface area contributed by atoms with Crippen molar-refractivity contribution in [1.29, 1.82) is 0 Å². The van der Waals surface area contributed by atoms with E-state index in [0.29, 0.717) is 17.0 Å². The zero-order chi connectivity index (χ0) is 13.4. The number of thiazole rings is 1. The molecule has 2 aromatic rings. The summed E-state index contributed by atoms with van der Waals surface area (Å²) in [5.41, 5.74) is 3.12. The molecule has 0 aliphatic heterocycles. The molecule has 0 bridgehead atoms. The van der Waals surface area contributed by atoms with Crippen molar-refractivity contribution in [2.75, 3.05) is 0 Å². The van der Waals surface area contributed by atoms with Gasteiger partial charge in [0.2, 0.25) is 0 Å². The van der Waals surface area contributed by atoms with Crippen LogP contribution in [-0.2, 0) is 6.42 Å². The van der Waals surface area contributed by atoms with Crippen LogP contribution in [0.15, 0.2) is 17.0 Å². The van der Waals surface area contributed by atoms with E-state index in [1.165, 1.54) is 11.3 Å². The van der Waals surface area contributed by atoms with Crippen molar-refractivity contribution in [2.45, 2.75) is 25.8 Å². The van der Waals surface area contributed by atoms with Gasteiger partial charge in [-0.15, -0.1) is 22.7 Å². The molecule has 1 aliphatic carbocycles. The molecule has 1 N–H and O–H groups in total. The topological polar surface area (TPSA) is 59.1 Å². The van der Waals surface area contributed by atoms with Crippen LogP contribution < -0.4 is 5.32 Å². The molecule has 0 saturated carbocycles. The van der Waals surface area contributed by atoms with Crippen molar-refractivity contribution in [1.82, 2.24) is 10.3 Å². The predicted molar refractivity (Wildman–Crippen MR) is 75.1 cm³/mol. The van der Waals surface area contributed by atoms with Crippen molar-refractivity contribution in [3.63, 3.8) is 0 Å². The van der Waals surface area contributed by atoms with Gasteiger partial charge in [0.1, 0.15) is 4.88 Å². The van der Waals surface area contributed by atoms with Gasteiger partial charge in [0.25, 0.3) is 5.91 Å². The summed E-state index contributed by atoms with van der Waals surface area (Å²) in [5.74, 6) is -0.171. The Labute approximate surface area is 118 Å². The van der Waals surface area contributed by atoms with Gasteiger partial charge >= 0.3 is 0 Å². The monoisotopic (exact) mass is 292 g/mol. The number of carbonyl (C=O) groups is 2. The zero-order valence-electron chi connectivity index (χ0n) is 10.3. The van der Waals surface area contributed by atoms with E-state index in [9.17, 15) is 9.59 Å². The lowest BCUT2D eigenvalue weighted by molar-refractivity contribution is 0.0848. The minimum absolute atomic E-state index is 0.0259. The number of nitrogens with zero attached hydrogens (tertiary/aromatic N) is 1. The fraction of sp³-hybridized carbons (Fsp3) is 0.308. The van der Waals surface area contributed by atoms with Crippen LogP contribution in [0.2, 0.25) is 0 Å². The van der Waals surface area contributed by atoms with Gasteiger partial charge in [0.15, 0.2) is 5.78 Å². The number of amides is 1. The number of ketones is 1. The summed E-state index contributed by atoms with van der Waals surface area (Å²) >= 11 is 2.91. The van der Waals surface area contributed by atoms with E-state index in [2.05, 4.69) is 10.3 Å². The molecule has 0 radical (unpaired) electrons. The second-order valence-corrected chi connectivity index (χ2v) is 6.31. The SMILES string of the molecule is Cc1ncsc1C(=O)NC1CCc2sccc2C1=O. The lowest BCUT2D eigenvalue weighted by atomic mass is 9.93. The van der Waals surface area contributed by atoms with Gasteiger partial charge in [-0.25, -0.2) is 4.98 Å². The number of Topliss-reactive ketones (excluding diaryl/α,β-unsaturated/α-hetero) is 1. The molecule has 1 amide bonds. The fourth-order valence-corrected chi connectivity index (χ4v) is 3.83. The van der Waals surface area contributed by atoms with Crippen LogP contribution in [0.4, 0.5) is 0 Å². The van der Waals surface area contributed by atoms with Gasteiger partial charge in [-0.2, -0.15) is 0 Å². The quantitative estimate of drug-likeness (QED) is 0.925. The number of hydrogen-bond acceptors (Lipinski definition) is 5. The Morgan fingerprint density at radius 3 is 3.05 bits per heavy atom. The number of rotatable bonds is 2. The summed E-state index contributed by atoms with van der Waals surface area (Å²) in [6, 6.07) is 1.44. The Bertz CT molecular complexity index is 645. The highest BCUT2D eigenvalue weighted by molar-refractivity contribution is 7.12. The number of aryl methyl sites for hydroxylation is 2. The molecule has 1 atom stereocenters. The van der Waals surface area contributed by atoms with Gasteiger partial charge < -0.3 is 5.32 Å². The van der Waals surface area contributed by atoms with Gasteiger partial charge in [0, 0.05) is 10.4 Å². The van der Waals surface area contributed by atoms with Crippen LogP contribution in [-0.4, -0.2) is 22.7 Å². The number of carbonyl (C=O) groups excluding carboxylic acids is 2. The Balaban J connectivity index is 1.77. The Morgan fingerprint density at radius 1 is 1.47 bits per heavy atom. The van der Waals surface area contributed by atoms with E-state index in [-0.39, 0.29) is 11.7 Å². The van der Waals surface area contributed by atoms with Crippen molar-refractivity contribution in [3.8, 4) is 0 Å². The van der Waals surface area contributed by atoms with Gasteiger partial charge in [-0.05, 0) is 31.2 Å². The molecule has 1 unspecified atom stereocenters. The summed E-state index contributed by atoms with van der Waals surface area (Å²) in [5, 5.41) is 4.76. The summed E-state index contributed by atoms with van der Waals surface area (Å²) in [7, 11) is 0. The van der Waals surface area contributed by atoms with Gasteiger partial charge in [0.05, 0.1) is 17.2 Å². The molecule has 2 heterocycles. The number of nitrogens with one attached hydrogen (secondary N) is 1. The highest BCUT2D eigenvalue weighted by Crippen LogP contribution is 2.26. The van der Waals surface area contributed by atoms with Crippen LogP contribution in [0, 0.1) is 6.92 Å². The lowest BCUT2D eigenvalue weighted by Crippen LogP contribution is -2.43. The van der Waals surface area contributed by atoms with E-state index >= 15 is 0 Å². The molecule has 0 fully saturated rings. The van der Waals surface area contributed by atoms with E-state index in [4.69, 9.17) is 0 Å². The molecule has 3 rings (SSSR count). The maximum Gasteiger partial charge on any atom is 0.263 e. The fourth-order valence-electron chi connectivity index (χ4n) is 2.23. The minimum atomic E-state index is -0.406. The van der Waals surface area contributed by atoms with Gasteiger partial charge in [-0.3, -0.25) is 9.59 Å². The maximum absolute atomic E-state index is 12.2. The van der Waals surface area contributed by atoms with Crippen LogP contribution in [0.25, 0.3) is 0 Å². The van der Waals surface area contributed by atoms with E-state index in [1.807, 2.05) is 11.4 Å². The van der Waals surface area contributed by atoms with Crippen LogP contribution in [0.3, 0.4) is 0 Å². The number of thiophene rings is 1. The number of hydrogen-bond donors (Lipinski definition) is 1. The highest BCUT2D eigenvalue weighted by Gasteiger charge is 2.30. The molecule has 4 nitrogen and oxygen atoms in total. The first-order valence-electron chi connectivity index (χ1n) is 5.98. The van der Waals surface area contributed by atoms with Crippen molar-refractivity contribution in [3.05, 3.63) is 38.0 Å². The molecular formula is C13H12N2O2S2. The Hall–Kier alpha value is -1.53. The number of aromatic nitrogens is 1. The van der Waals surface area contributed by atoms with Crippen molar-refractivity contribution in [2.24, 2.45) is 0 Å². The summed E-state index contributed by atoms with van der Waals surface area (Å²) in [6.45, 7) is 1.80. The van der Waals surface area contributed by atoms with Crippen molar-refractivity contribution >= 4 is 34.4 Å². The molecule has 98 valence electrons. The van der Waals surface area contributed by atoms with Crippen LogP contribution >= 0.6 is 22.7 Å². The molecule has 0 aromatic carbocycles. The largest absolute Gasteiger partial charge is 0.341 e. The molecule has 6 heteroatoms. The standard InChI is InChI=1S/C13H12N2O2S2/c1-7-12(19-6-14-7)13(17)15-9-2-3-10-8(11(9)16)4-5-18-10/h4-6,9H,2-3H2,1H3,(H,15,17). The molecule has 19 heavy (non-hydrogen) atoms. The third-order valence-corrected chi connectivity index (χ3v) is 5.15. The summed E-state index contributed by atoms with van der Waals surface area (Å²) < 4.78 is 0. The molecule has 0 spiro atoms. The first kappa shape index (κ1) is 12.5. The third kappa shape index (κ3) is 2.21. The Morgan fingerprint density at radius 2 is 2.32 bits per heavy atom. The third-order valence-electron chi connectivity index (χ3n) is 3.24. The van der Waals surface area contributed by atoms with Gasteiger partial charge in [-0.1, -0.05) is 0 Å². The average molecular weight is 292 g/mol. The molecule has 0 saturated heterocycles. The van der Waals surface area contributed by atoms with E-state index in [0.717, 1.165) is 16.9 Å². The first-order chi connectivity index (χ1) is 9.16. The van der Waals surface area contributed by atoms with Crippen LogP contribution in [0.1, 0.15) is 37.0 Å². The van der Waals surface area contributed by atoms with E-state index < -0.39 is 6.04 Å². The predicted octanol–water partition coefficient (Wildman–Crippen LogP) is 2.44. The lowest BCUT2D eigenvalue weighted by Gasteiger charge is -2.21. The highest BCUT2D eigenvalue weighted by atomic mass is 32.1. The zero-order valence-corrected chi connectivity index (χ0v) is 11.9. The van der Waals surface area contributed by atoms with Crippen LogP contribution in [0.5, 0.6) is 0 Å². The Kier molecular flexibility index (Phi) is 3.20. The molecular weight excluding hydrogens is 280 g/mol. The van der Waals surface area contributed by atoms with Crippen molar-refractivity contribution < 1.29 is 9.59 Å².